The highest BCUT2D eigenvalue weighted by Gasteiger charge is 2.20. The van der Waals surface area contributed by atoms with Crippen molar-refractivity contribution in [1.29, 1.82) is 0 Å². The molecule has 0 unspecified atom stereocenters. The standard InChI is InChI=1S/C24H29ClN4O3S/c1-24(2,3)17-8-6-16(7-9-17)22-27-28-23(33-15-21(30)26-12-13-31-4)29(22)18-10-11-20(32-5)19(25)14-18/h6-11,14H,12-13,15H2,1-5H3,(H,26,30). The predicted molar refractivity (Wildman–Crippen MR) is 133 cm³/mol. The maximum atomic E-state index is 12.2. The van der Waals surface area contributed by atoms with Crippen molar-refractivity contribution >= 4 is 29.3 Å². The molecule has 2 aromatic carbocycles. The Balaban J connectivity index is 1.96. The van der Waals surface area contributed by atoms with Crippen LogP contribution >= 0.6 is 23.4 Å². The lowest BCUT2D eigenvalue weighted by atomic mass is 9.87. The second-order valence-electron chi connectivity index (χ2n) is 8.42. The molecule has 3 aromatic rings. The van der Waals surface area contributed by atoms with Crippen molar-refractivity contribution in [3.63, 3.8) is 0 Å². The Bertz CT molecular complexity index is 1090. The molecule has 0 saturated heterocycles. The van der Waals surface area contributed by atoms with Crippen LogP contribution in [0.15, 0.2) is 47.6 Å². The number of carbonyl (C=O) groups is 1. The van der Waals surface area contributed by atoms with E-state index in [9.17, 15) is 4.79 Å². The number of methoxy groups -OCH3 is 2. The number of carbonyl (C=O) groups excluding carboxylic acids is 1. The van der Waals surface area contributed by atoms with Crippen LogP contribution in [0.3, 0.4) is 0 Å². The third-order valence-corrected chi connectivity index (χ3v) is 6.22. The number of thioether (sulfide) groups is 1. The average molecular weight is 489 g/mol. The molecule has 33 heavy (non-hydrogen) atoms. The summed E-state index contributed by atoms with van der Waals surface area (Å²) in [5, 5.41) is 12.7. The summed E-state index contributed by atoms with van der Waals surface area (Å²) >= 11 is 7.71. The van der Waals surface area contributed by atoms with Gasteiger partial charge < -0.3 is 14.8 Å². The number of aromatic nitrogens is 3. The SMILES string of the molecule is COCCNC(=O)CSc1nnc(-c2ccc(C(C)(C)C)cc2)n1-c1ccc(OC)c(Cl)c1. The summed E-state index contributed by atoms with van der Waals surface area (Å²) in [7, 11) is 3.17. The van der Waals surface area contributed by atoms with Crippen LogP contribution < -0.4 is 10.1 Å². The van der Waals surface area contributed by atoms with Crippen LogP contribution in [0, 0.1) is 0 Å². The third kappa shape index (κ3) is 6.28. The van der Waals surface area contributed by atoms with Crippen molar-refractivity contribution in [2.75, 3.05) is 33.1 Å². The third-order valence-electron chi connectivity index (χ3n) is 5.00. The molecule has 7 nitrogen and oxygen atoms in total. The van der Waals surface area contributed by atoms with Crippen LogP contribution in [0.4, 0.5) is 0 Å². The zero-order valence-corrected chi connectivity index (χ0v) is 21.1. The molecule has 3 rings (SSSR count). The highest BCUT2D eigenvalue weighted by Crippen LogP contribution is 2.33. The second-order valence-corrected chi connectivity index (χ2v) is 9.77. The molecule has 0 aliphatic carbocycles. The van der Waals surface area contributed by atoms with Gasteiger partial charge in [0.05, 0.1) is 30.2 Å². The molecule has 0 atom stereocenters. The number of hydrogen-bond donors (Lipinski definition) is 1. The van der Waals surface area contributed by atoms with E-state index >= 15 is 0 Å². The fraction of sp³-hybridized carbons (Fsp3) is 0.375. The van der Waals surface area contributed by atoms with Gasteiger partial charge in [-0.15, -0.1) is 10.2 Å². The van der Waals surface area contributed by atoms with Gasteiger partial charge in [0.15, 0.2) is 11.0 Å². The second kappa shape index (κ2) is 11.0. The number of rotatable bonds is 9. The zero-order valence-electron chi connectivity index (χ0n) is 19.5. The Kier molecular flexibility index (Phi) is 8.40. The quantitative estimate of drug-likeness (QED) is 0.346. The van der Waals surface area contributed by atoms with Gasteiger partial charge in [0.25, 0.3) is 0 Å². The lowest BCUT2D eigenvalue weighted by molar-refractivity contribution is -0.118. The Labute approximate surface area is 203 Å². The van der Waals surface area contributed by atoms with E-state index in [4.69, 9.17) is 21.1 Å². The molecule has 9 heteroatoms. The monoisotopic (exact) mass is 488 g/mol. The summed E-state index contributed by atoms with van der Waals surface area (Å²) in [5.41, 5.74) is 2.97. The largest absolute Gasteiger partial charge is 0.495 e. The highest BCUT2D eigenvalue weighted by atomic mass is 35.5. The Morgan fingerprint density at radius 3 is 2.45 bits per heavy atom. The minimum Gasteiger partial charge on any atom is -0.495 e. The molecular formula is C24H29ClN4O3S. The smallest absolute Gasteiger partial charge is 0.230 e. The van der Waals surface area contributed by atoms with Gasteiger partial charge in [-0.1, -0.05) is 68.4 Å². The van der Waals surface area contributed by atoms with Crippen LogP contribution in [-0.2, 0) is 14.9 Å². The molecule has 0 spiro atoms. The fourth-order valence-corrected chi connectivity index (χ4v) is 4.20. The summed E-state index contributed by atoms with van der Waals surface area (Å²) < 4.78 is 12.2. The Morgan fingerprint density at radius 1 is 1.12 bits per heavy atom. The molecule has 176 valence electrons. The van der Waals surface area contributed by atoms with E-state index in [1.54, 1.807) is 26.4 Å². The van der Waals surface area contributed by atoms with Crippen LogP contribution in [0.1, 0.15) is 26.3 Å². The number of halogens is 1. The van der Waals surface area contributed by atoms with E-state index in [1.807, 2.05) is 22.8 Å². The summed E-state index contributed by atoms with van der Waals surface area (Å²) in [6.07, 6.45) is 0. The number of amides is 1. The van der Waals surface area contributed by atoms with Crippen molar-refractivity contribution in [3.8, 4) is 22.8 Å². The molecule has 0 aliphatic heterocycles. The lowest BCUT2D eigenvalue weighted by Gasteiger charge is -2.19. The maximum absolute atomic E-state index is 12.2. The summed E-state index contributed by atoms with van der Waals surface area (Å²) in [6.45, 7) is 7.45. The molecule has 0 saturated carbocycles. The van der Waals surface area contributed by atoms with E-state index < -0.39 is 0 Å². The van der Waals surface area contributed by atoms with Gasteiger partial charge in [-0.2, -0.15) is 0 Å². The number of hydrogen-bond acceptors (Lipinski definition) is 6. The first kappa shape index (κ1) is 25.1. The molecule has 1 N–H and O–H groups in total. The van der Waals surface area contributed by atoms with Crippen molar-refractivity contribution in [3.05, 3.63) is 53.1 Å². The van der Waals surface area contributed by atoms with Crippen molar-refractivity contribution in [2.45, 2.75) is 31.3 Å². The molecular weight excluding hydrogens is 460 g/mol. The molecule has 0 aliphatic rings. The van der Waals surface area contributed by atoms with E-state index in [2.05, 4.69) is 48.4 Å². The van der Waals surface area contributed by atoms with Crippen LogP contribution in [0.2, 0.25) is 5.02 Å². The summed E-state index contributed by atoms with van der Waals surface area (Å²) in [4.78, 5) is 12.2. The minimum atomic E-state index is -0.101. The number of benzene rings is 2. The lowest BCUT2D eigenvalue weighted by Crippen LogP contribution is -2.28. The van der Waals surface area contributed by atoms with Gasteiger partial charge in [0.1, 0.15) is 5.75 Å². The van der Waals surface area contributed by atoms with Gasteiger partial charge in [0, 0.05) is 19.2 Å². The first-order chi connectivity index (χ1) is 15.7. The maximum Gasteiger partial charge on any atom is 0.230 e. The Morgan fingerprint density at radius 2 is 1.85 bits per heavy atom. The van der Waals surface area contributed by atoms with Crippen LogP contribution in [-0.4, -0.2) is 53.8 Å². The van der Waals surface area contributed by atoms with Crippen LogP contribution in [0.25, 0.3) is 17.1 Å². The fourth-order valence-electron chi connectivity index (χ4n) is 3.17. The van der Waals surface area contributed by atoms with Crippen molar-refractivity contribution < 1.29 is 14.3 Å². The topological polar surface area (TPSA) is 78.3 Å². The molecule has 0 bridgehead atoms. The molecule has 0 fully saturated rings. The van der Waals surface area contributed by atoms with E-state index in [1.165, 1.54) is 17.3 Å². The first-order valence-electron chi connectivity index (χ1n) is 10.5. The van der Waals surface area contributed by atoms with Gasteiger partial charge in [-0.05, 0) is 29.2 Å². The van der Waals surface area contributed by atoms with Crippen LogP contribution in [0.5, 0.6) is 5.75 Å². The van der Waals surface area contributed by atoms with Gasteiger partial charge in [0.2, 0.25) is 5.91 Å². The van der Waals surface area contributed by atoms with Crippen molar-refractivity contribution in [2.24, 2.45) is 0 Å². The normalized spacial score (nSPS) is 11.5. The van der Waals surface area contributed by atoms with Crippen molar-refractivity contribution in [1.82, 2.24) is 20.1 Å². The Hall–Kier alpha value is -2.55. The molecule has 0 radical (unpaired) electrons. The number of nitrogens with one attached hydrogen (secondary N) is 1. The molecule has 1 amide bonds. The van der Waals surface area contributed by atoms with Gasteiger partial charge in [-0.25, -0.2) is 0 Å². The first-order valence-corrected chi connectivity index (χ1v) is 11.9. The predicted octanol–water partition coefficient (Wildman–Crippen LogP) is 4.75. The highest BCUT2D eigenvalue weighted by molar-refractivity contribution is 7.99. The molecule has 1 heterocycles. The zero-order chi connectivity index (χ0) is 24.0. The van der Waals surface area contributed by atoms with E-state index in [-0.39, 0.29) is 17.1 Å². The number of ether oxygens (including phenoxy) is 2. The average Bonchev–Trinajstić information content (AvgIpc) is 3.21. The van der Waals surface area contributed by atoms with E-state index in [0.29, 0.717) is 34.9 Å². The minimum absolute atomic E-state index is 0.0485. The van der Waals surface area contributed by atoms with Gasteiger partial charge >= 0.3 is 0 Å². The summed E-state index contributed by atoms with van der Waals surface area (Å²) in [6, 6.07) is 13.8. The van der Waals surface area contributed by atoms with Gasteiger partial charge in [-0.3, -0.25) is 9.36 Å². The van der Waals surface area contributed by atoms with E-state index in [0.717, 1.165) is 11.3 Å². The molecule has 1 aromatic heterocycles. The number of nitrogens with zero attached hydrogens (tertiary/aromatic N) is 3. The summed E-state index contributed by atoms with van der Waals surface area (Å²) in [5.74, 6) is 1.35.